The highest BCUT2D eigenvalue weighted by Crippen LogP contribution is 2.71. The van der Waals surface area contributed by atoms with Crippen LogP contribution in [0.2, 0.25) is 0 Å². The molecule has 2 nitrogen and oxygen atoms in total. The van der Waals surface area contributed by atoms with Crippen molar-refractivity contribution in [1.82, 2.24) is 0 Å². The topological polar surface area (TPSA) is 6.48 Å². The fraction of sp³-hybridized carbons (Fsp3) is 0.156. The molecule has 8 aromatic carbocycles. The van der Waals surface area contributed by atoms with Crippen molar-refractivity contribution in [3.63, 3.8) is 0 Å². The molecule has 0 saturated carbocycles. The number of anilines is 4. The van der Waals surface area contributed by atoms with Crippen LogP contribution in [-0.2, 0) is 10.8 Å². The molecule has 0 fully saturated rings. The van der Waals surface area contributed by atoms with E-state index in [1.165, 1.54) is 106 Å². The number of rotatable bonds is 4. The second kappa shape index (κ2) is 13.3. The Labute approximate surface area is 388 Å². The zero-order chi connectivity index (χ0) is 44.2. The van der Waals surface area contributed by atoms with Crippen LogP contribution in [-0.4, -0.2) is 6.04 Å². The van der Waals surface area contributed by atoms with Crippen LogP contribution in [0.4, 0.5) is 22.7 Å². The van der Waals surface area contributed by atoms with Crippen LogP contribution < -0.4 is 9.80 Å². The molecular weight excluding hydrogens is 797 g/mol. The summed E-state index contributed by atoms with van der Waals surface area (Å²) in [5.41, 5.74) is 28.8. The molecule has 14 rings (SSSR count). The van der Waals surface area contributed by atoms with E-state index < -0.39 is 0 Å². The molecule has 316 valence electrons. The Balaban J connectivity index is 1.08. The third kappa shape index (κ3) is 4.91. The summed E-state index contributed by atoms with van der Waals surface area (Å²) in [5.74, 6) is 0.612. The molecule has 0 radical (unpaired) electrons. The normalized spacial score (nSPS) is 21.8. The second-order valence-electron chi connectivity index (χ2n) is 20.2. The van der Waals surface area contributed by atoms with Gasteiger partial charge >= 0.3 is 0 Å². The Hall–Kier alpha value is -7.42. The van der Waals surface area contributed by atoms with Gasteiger partial charge in [0, 0.05) is 33.3 Å². The minimum atomic E-state index is -0.209. The maximum absolute atomic E-state index is 2.79. The van der Waals surface area contributed by atoms with E-state index in [0.717, 1.165) is 0 Å². The maximum Gasteiger partial charge on any atom is 0.0971 e. The van der Waals surface area contributed by atoms with Gasteiger partial charge in [0.05, 0.1) is 23.1 Å². The van der Waals surface area contributed by atoms with E-state index in [2.05, 4.69) is 239 Å². The van der Waals surface area contributed by atoms with E-state index >= 15 is 0 Å². The van der Waals surface area contributed by atoms with Crippen LogP contribution in [0.25, 0.3) is 66.8 Å². The van der Waals surface area contributed by atoms with Gasteiger partial charge in [0.1, 0.15) is 0 Å². The number of allylic oxidation sites excluding steroid dienone is 4. The summed E-state index contributed by atoms with van der Waals surface area (Å²) >= 11 is 0. The lowest BCUT2D eigenvalue weighted by Crippen LogP contribution is -2.55. The Kier molecular flexibility index (Phi) is 7.66. The van der Waals surface area contributed by atoms with E-state index in [0.29, 0.717) is 5.92 Å². The molecule has 4 atom stereocenters. The summed E-state index contributed by atoms with van der Waals surface area (Å²) in [7, 11) is 0. The summed E-state index contributed by atoms with van der Waals surface area (Å²) < 4.78 is 0. The molecule has 3 aliphatic carbocycles. The van der Waals surface area contributed by atoms with Crippen molar-refractivity contribution in [2.45, 2.75) is 51.5 Å². The van der Waals surface area contributed by atoms with Gasteiger partial charge in [-0.1, -0.05) is 185 Å². The molecule has 8 aromatic rings. The van der Waals surface area contributed by atoms with Crippen LogP contribution in [0.5, 0.6) is 0 Å². The van der Waals surface area contributed by atoms with Gasteiger partial charge in [0.15, 0.2) is 0 Å². The van der Waals surface area contributed by atoms with Crippen LogP contribution in [0.15, 0.2) is 217 Å². The average Bonchev–Trinajstić information content (AvgIpc) is 3.45. The van der Waals surface area contributed by atoms with Crippen molar-refractivity contribution in [3.05, 3.63) is 228 Å². The highest BCUT2D eigenvalue weighted by molar-refractivity contribution is 6.10. The molecule has 0 aromatic heterocycles. The van der Waals surface area contributed by atoms with Gasteiger partial charge in [-0.05, 0) is 139 Å². The van der Waals surface area contributed by atoms with Crippen molar-refractivity contribution in [2.75, 3.05) is 9.80 Å². The van der Waals surface area contributed by atoms with Crippen molar-refractivity contribution < 1.29 is 0 Å². The molecule has 0 spiro atoms. The van der Waals surface area contributed by atoms with Crippen molar-refractivity contribution in [2.24, 2.45) is 11.8 Å². The first-order valence-electron chi connectivity index (χ1n) is 23.9. The third-order valence-electron chi connectivity index (χ3n) is 16.3. The molecule has 6 aliphatic rings. The SMILES string of the molecule is CC1C=C2C3C4=C1C(C)C=C1C(C)(C)c5cccc(c5C14C)N3c1cc(-c3cccc(-c4ccccc4)c3)cc3c1N2c1ccc(-c2cccc(-c4ccccc4)c2)cc1-c1ccccc1-3. The zero-order valence-electron chi connectivity index (χ0n) is 38.1. The largest absolute Gasteiger partial charge is 0.326 e. The van der Waals surface area contributed by atoms with Gasteiger partial charge in [0.25, 0.3) is 0 Å². The maximum atomic E-state index is 2.79. The molecular formula is C64H50N2. The Morgan fingerprint density at radius 3 is 1.65 bits per heavy atom. The quantitative estimate of drug-likeness (QED) is 0.163. The molecule has 0 saturated heterocycles. The lowest BCUT2D eigenvalue weighted by Gasteiger charge is -2.58. The van der Waals surface area contributed by atoms with Crippen molar-refractivity contribution in [3.8, 4) is 66.8 Å². The van der Waals surface area contributed by atoms with Gasteiger partial charge in [-0.3, -0.25) is 0 Å². The first-order chi connectivity index (χ1) is 32.2. The monoisotopic (exact) mass is 846 g/mol. The third-order valence-corrected chi connectivity index (χ3v) is 16.3. The molecule has 66 heavy (non-hydrogen) atoms. The number of fused-ring (bicyclic) bond motifs is 8. The molecule has 3 heterocycles. The molecule has 3 aliphatic heterocycles. The summed E-state index contributed by atoms with van der Waals surface area (Å²) in [6.07, 6.45) is 5.30. The Morgan fingerprint density at radius 1 is 0.424 bits per heavy atom. The first-order valence-corrected chi connectivity index (χ1v) is 23.9. The van der Waals surface area contributed by atoms with Gasteiger partial charge in [0.2, 0.25) is 0 Å². The Morgan fingerprint density at radius 2 is 0.970 bits per heavy atom. The van der Waals surface area contributed by atoms with Crippen molar-refractivity contribution >= 4 is 22.7 Å². The first kappa shape index (κ1) is 37.9. The van der Waals surface area contributed by atoms with Gasteiger partial charge in [-0.2, -0.15) is 0 Å². The summed E-state index contributed by atoms with van der Waals surface area (Å²) in [5, 5.41) is 0. The average molecular weight is 847 g/mol. The molecule has 0 bridgehead atoms. The van der Waals surface area contributed by atoms with E-state index in [1.807, 2.05) is 0 Å². The number of hydrogen-bond acceptors (Lipinski definition) is 2. The zero-order valence-corrected chi connectivity index (χ0v) is 38.1. The number of nitrogens with zero attached hydrogens (tertiary/aromatic N) is 2. The van der Waals surface area contributed by atoms with Crippen LogP contribution in [0.3, 0.4) is 0 Å². The van der Waals surface area contributed by atoms with E-state index in [-0.39, 0.29) is 22.8 Å². The lowest BCUT2D eigenvalue weighted by atomic mass is 9.56. The highest BCUT2D eigenvalue weighted by atomic mass is 15.3. The molecule has 0 N–H and O–H groups in total. The molecule has 2 heteroatoms. The number of benzene rings is 8. The van der Waals surface area contributed by atoms with E-state index in [1.54, 1.807) is 16.7 Å². The highest BCUT2D eigenvalue weighted by Gasteiger charge is 2.63. The van der Waals surface area contributed by atoms with Gasteiger partial charge in [-0.25, -0.2) is 0 Å². The predicted octanol–water partition coefficient (Wildman–Crippen LogP) is 16.6. The molecule has 4 unspecified atom stereocenters. The predicted molar refractivity (Wildman–Crippen MR) is 275 cm³/mol. The molecule has 0 amide bonds. The fourth-order valence-corrected chi connectivity index (χ4v) is 13.7. The van der Waals surface area contributed by atoms with Crippen LogP contribution in [0, 0.1) is 11.8 Å². The minimum absolute atomic E-state index is 0.0199. The second-order valence-corrected chi connectivity index (χ2v) is 20.2. The van der Waals surface area contributed by atoms with Gasteiger partial charge in [-0.15, -0.1) is 0 Å². The standard InChI is InChI=1S/C64H50N2/c1-38-31-55-62-60-58(38)39(2)32-57-63(3,4)52-27-16-28-54(59(52)64(57,60)5)66(62)56-37-47(45-24-15-22-43(34-45)41-19-10-7-11-20-41)36-51-49-26-13-12-25-48(49)50-35-46(29-30-53(50)65(55)61(51)56)44-23-14-21-42(33-44)40-17-8-6-9-18-40/h6-39,62H,1-5H3. The fourth-order valence-electron chi connectivity index (χ4n) is 13.7. The summed E-state index contributed by atoms with van der Waals surface area (Å²) in [4.78, 5) is 5.51. The summed E-state index contributed by atoms with van der Waals surface area (Å²) in [6.45, 7) is 12.5. The summed E-state index contributed by atoms with van der Waals surface area (Å²) in [6, 6.07) is 68.5. The van der Waals surface area contributed by atoms with Crippen LogP contribution in [0.1, 0.15) is 45.7 Å². The van der Waals surface area contributed by atoms with Gasteiger partial charge < -0.3 is 9.80 Å². The smallest absolute Gasteiger partial charge is 0.0971 e. The lowest BCUT2D eigenvalue weighted by molar-refractivity contribution is 0.469. The van der Waals surface area contributed by atoms with E-state index in [4.69, 9.17) is 0 Å². The number of hydrogen-bond donors (Lipinski definition) is 0. The van der Waals surface area contributed by atoms with Crippen LogP contribution >= 0.6 is 0 Å². The minimum Gasteiger partial charge on any atom is -0.326 e. The van der Waals surface area contributed by atoms with E-state index in [9.17, 15) is 0 Å². The van der Waals surface area contributed by atoms with Crippen molar-refractivity contribution in [1.29, 1.82) is 0 Å². The Bertz CT molecular complexity index is 3510.